The maximum atomic E-state index is 11.9. The third-order valence-electron chi connectivity index (χ3n) is 4.96. The minimum atomic E-state index is -0.816. The molecule has 1 fully saturated rings. The van der Waals surface area contributed by atoms with Crippen molar-refractivity contribution in [2.45, 2.75) is 31.8 Å². The number of benzene rings is 1. The first-order valence-electron chi connectivity index (χ1n) is 8.12. The summed E-state index contributed by atoms with van der Waals surface area (Å²) in [5, 5.41) is 0.739. The maximum Gasteiger partial charge on any atom is 0.335 e. The lowest BCUT2D eigenvalue weighted by molar-refractivity contribution is -0.150. The SMILES string of the molecule is CC1=C(C(N)=O)C2(CCN(CCc3ccc(Cl)cc3)CC2)OC1=O. The van der Waals surface area contributed by atoms with Gasteiger partial charge in [0, 0.05) is 43.1 Å². The summed E-state index contributed by atoms with van der Waals surface area (Å²) in [6, 6.07) is 7.85. The summed E-state index contributed by atoms with van der Waals surface area (Å²) in [6.07, 6.45) is 2.14. The van der Waals surface area contributed by atoms with Gasteiger partial charge in [0.1, 0.15) is 5.60 Å². The molecule has 128 valence electrons. The number of ether oxygens (including phenoxy) is 1. The largest absolute Gasteiger partial charge is 0.450 e. The molecule has 2 heterocycles. The second-order valence-corrected chi connectivity index (χ2v) is 6.90. The third kappa shape index (κ3) is 3.19. The Hall–Kier alpha value is -1.85. The number of rotatable bonds is 4. The van der Waals surface area contributed by atoms with Crippen LogP contribution in [0, 0.1) is 0 Å². The minimum absolute atomic E-state index is 0.358. The van der Waals surface area contributed by atoms with E-state index in [1.165, 1.54) is 5.56 Å². The third-order valence-corrected chi connectivity index (χ3v) is 5.22. The summed E-state index contributed by atoms with van der Waals surface area (Å²) >= 11 is 5.90. The molecule has 1 amide bonds. The van der Waals surface area contributed by atoms with Crippen LogP contribution in [0.15, 0.2) is 35.4 Å². The van der Waals surface area contributed by atoms with E-state index in [0.29, 0.717) is 24.0 Å². The van der Waals surface area contributed by atoms with Crippen LogP contribution in [0.2, 0.25) is 5.02 Å². The molecule has 3 rings (SSSR count). The van der Waals surface area contributed by atoms with Crippen molar-refractivity contribution in [2.75, 3.05) is 19.6 Å². The smallest absolute Gasteiger partial charge is 0.335 e. The molecule has 0 atom stereocenters. The van der Waals surface area contributed by atoms with E-state index in [0.717, 1.165) is 31.1 Å². The number of esters is 1. The predicted molar refractivity (Wildman–Crippen MR) is 91.5 cm³/mol. The standard InChI is InChI=1S/C18H21ClN2O3/c1-12-15(16(20)22)18(24-17(12)23)7-10-21(11-8-18)9-6-13-2-4-14(19)5-3-13/h2-5H,6-11H2,1H3,(H2,20,22). The van der Waals surface area contributed by atoms with Crippen molar-refractivity contribution in [3.63, 3.8) is 0 Å². The van der Waals surface area contributed by atoms with Crippen molar-refractivity contribution in [1.82, 2.24) is 4.90 Å². The van der Waals surface area contributed by atoms with Crippen LogP contribution in [0.1, 0.15) is 25.3 Å². The van der Waals surface area contributed by atoms with Gasteiger partial charge in [-0.05, 0) is 31.0 Å². The summed E-state index contributed by atoms with van der Waals surface area (Å²) in [7, 11) is 0. The normalized spacial score (nSPS) is 20.5. The highest BCUT2D eigenvalue weighted by atomic mass is 35.5. The Bertz CT molecular complexity index is 689. The summed E-state index contributed by atoms with van der Waals surface area (Å²) in [5.41, 5.74) is 6.63. The van der Waals surface area contributed by atoms with Crippen molar-refractivity contribution in [3.05, 3.63) is 46.0 Å². The number of nitrogens with zero attached hydrogens (tertiary/aromatic N) is 1. The Morgan fingerprint density at radius 3 is 2.50 bits per heavy atom. The number of nitrogens with two attached hydrogens (primary N) is 1. The molecule has 0 saturated carbocycles. The van der Waals surface area contributed by atoms with E-state index in [-0.39, 0.29) is 0 Å². The first-order valence-corrected chi connectivity index (χ1v) is 8.50. The van der Waals surface area contributed by atoms with Crippen LogP contribution in [0.5, 0.6) is 0 Å². The van der Waals surface area contributed by atoms with Crippen LogP contribution >= 0.6 is 11.6 Å². The van der Waals surface area contributed by atoms with Gasteiger partial charge >= 0.3 is 5.97 Å². The summed E-state index contributed by atoms with van der Waals surface area (Å²) in [4.78, 5) is 25.9. The summed E-state index contributed by atoms with van der Waals surface area (Å²) in [5.74, 6) is -0.966. The molecule has 0 bridgehead atoms. The quantitative estimate of drug-likeness (QED) is 0.845. The summed E-state index contributed by atoms with van der Waals surface area (Å²) in [6.45, 7) is 4.07. The number of carbonyl (C=O) groups is 2. The lowest BCUT2D eigenvalue weighted by Crippen LogP contribution is -2.48. The fraction of sp³-hybridized carbons (Fsp3) is 0.444. The Balaban J connectivity index is 1.60. The molecule has 1 aromatic carbocycles. The van der Waals surface area contributed by atoms with Gasteiger partial charge in [0.15, 0.2) is 0 Å². The molecule has 2 aliphatic heterocycles. The molecule has 0 radical (unpaired) electrons. The number of amides is 1. The van der Waals surface area contributed by atoms with Crippen LogP contribution in [0.3, 0.4) is 0 Å². The first kappa shape index (κ1) is 17.0. The molecule has 24 heavy (non-hydrogen) atoms. The van der Waals surface area contributed by atoms with E-state index in [1.54, 1.807) is 6.92 Å². The van der Waals surface area contributed by atoms with E-state index < -0.39 is 17.5 Å². The van der Waals surface area contributed by atoms with E-state index in [2.05, 4.69) is 4.90 Å². The molecule has 1 spiro atoms. The minimum Gasteiger partial charge on any atom is -0.450 e. The van der Waals surface area contributed by atoms with Gasteiger partial charge in [-0.15, -0.1) is 0 Å². The number of hydrogen-bond donors (Lipinski definition) is 1. The monoisotopic (exact) mass is 348 g/mol. The average molecular weight is 349 g/mol. The zero-order valence-electron chi connectivity index (χ0n) is 13.7. The molecule has 0 aromatic heterocycles. The van der Waals surface area contributed by atoms with Crippen molar-refractivity contribution in [2.24, 2.45) is 5.73 Å². The number of halogens is 1. The molecule has 2 N–H and O–H groups in total. The highest BCUT2D eigenvalue weighted by molar-refractivity contribution is 6.30. The lowest BCUT2D eigenvalue weighted by atomic mass is 9.83. The van der Waals surface area contributed by atoms with E-state index in [9.17, 15) is 9.59 Å². The van der Waals surface area contributed by atoms with Crippen LogP contribution in [-0.2, 0) is 20.7 Å². The number of likely N-dealkylation sites (tertiary alicyclic amines) is 1. The van der Waals surface area contributed by atoms with Crippen LogP contribution < -0.4 is 5.73 Å². The van der Waals surface area contributed by atoms with Gasteiger partial charge in [-0.25, -0.2) is 4.79 Å². The Kier molecular flexibility index (Phi) is 4.65. The van der Waals surface area contributed by atoms with Gasteiger partial charge in [0.25, 0.3) is 0 Å². The van der Waals surface area contributed by atoms with Gasteiger partial charge in [0.2, 0.25) is 5.91 Å². The molecule has 0 aliphatic carbocycles. The molecule has 5 nitrogen and oxygen atoms in total. The fourth-order valence-corrected chi connectivity index (χ4v) is 3.71. The van der Waals surface area contributed by atoms with Crippen LogP contribution in [0.4, 0.5) is 0 Å². The van der Waals surface area contributed by atoms with Crippen molar-refractivity contribution < 1.29 is 14.3 Å². The number of carbonyl (C=O) groups excluding carboxylic acids is 2. The second-order valence-electron chi connectivity index (χ2n) is 6.47. The predicted octanol–water partition coefficient (Wildman–Crippen LogP) is 2.08. The van der Waals surface area contributed by atoms with E-state index >= 15 is 0 Å². The number of piperidine rings is 1. The summed E-state index contributed by atoms with van der Waals surface area (Å²) < 4.78 is 5.55. The number of primary amides is 1. The van der Waals surface area contributed by atoms with Crippen molar-refractivity contribution in [1.29, 1.82) is 0 Å². The van der Waals surface area contributed by atoms with Gasteiger partial charge < -0.3 is 15.4 Å². The topological polar surface area (TPSA) is 72.6 Å². The average Bonchev–Trinajstić information content (AvgIpc) is 2.79. The second kappa shape index (κ2) is 6.57. The lowest BCUT2D eigenvalue weighted by Gasteiger charge is -2.39. The van der Waals surface area contributed by atoms with Crippen molar-refractivity contribution >= 4 is 23.5 Å². The van der Waals surface area contributed by atoms with E-state index in [4.69, 9.17) is 22.1 Å². The first-order chi connectivity index (χ1) is 11.4. The zero-order chi connectivity index (χ0) is 17.3. The Morgan fingerprint density at radius 1 is 1.29 bits per heavy atom. The molecule has 6 heteroatoms. The molecule has 1 saturated heterocycles. The maximum absolute atomic E-state index is 11.9. The highest BCUT2D eigenvalue weighted by Gasteiger charge is 2.50. The van der Waals surface area contributed by atoms with Gasteiger partial charge in [-0.3, -0.25) is 4.79 Å². The fourth-order valence-electron chi connectivity index (χ4n) is 3.59. The molecule has 1 aromatic rings. The molecular formula is C18H21ClN2O3. The van der Waals surface area contributed by atoms with E-state index in [1.807, 2.05) is 24.3 Å². The van der Waals surface area contributed by atoms with Gasteiger partial charge in [-0.1, -0.05) is 23.7 Å². The van der Waals surface area contributed by atoms with Crippen LogP contribution in [-0.4, -0.2) is 42.0 Å². The molecular weight excluding hydrogens is 328 g/mol. The zero-order valence-corrected chi connectivity index (χ0v) is 14.4. The Labute approximate surface area is 146 Å². The van der Waals surface area contributed by atoms with Crippen LogP contribution in [0.25, 0.3) is 0 Å². The Morgan fingerprint density at radius 2 is 1.92 bits per heavy atom. The number of hydrogen-bond acceptors (Lipinski definition) is 4. The van der Waals surface area contributed by atoms with Gasteiger partial charge in [-0.2, -0.15) is 0 Å². The molecule has 2 aliphatic rings. The highest BCUT2D eigenvalue weighted by Crippen LogP contribution is 2.40. The molecule has 0 unspecified atom stereocenters. The van der Waals surface area contributed by atoms with Crippen molar-refractivity contribution in [3.8, 4) is 0 Å². The van der Waals surface area contributed by atoms with Gasteiger partial charge in [0.05, 0.1) is 5.57 Å².